The van der Waals surface area contributed by atoms with Crippen molar-refractivity contribution < 1.29 is 19.4 Å². The molecule has 1 aromatic carbocycles. The number of aryl methyl sites for hydroxylation is 1. The quantitative estimate of drug-likeness (QED) is 0.469. The molecule has 1 atom stereocenters. The van der Waals surface area contributed by atoms with Gasteiger partial charge in [0.1, 0.15) is 11.5 Å². The molecular weight excluding hydrogens is 474 g/mol. The maximum atomic E-state index is 12.5. The number of nitrogens with zero attached hydrogens (tertiary/aromatic N) is 5. The van der Waals surface area contributed by atoms with Crippen LogP contribution in [-0.2, 0) is 16.6 Å². The molecule has 3 N–H and O–H groups in total. The van der Waals surface area contributed by atoms with Crippen molar-refractivity contribution in [2.45, 2.75) is 32.0 Å². The first kappa shape index (κ1) is 24.1. The van der Waals surface area contributed by atoms with E-state index in [4.69, 9.17) is 16.3 Å². The Hall–Kier alpha value is -4.01. The molecule has 0 aliphatic heterocycles. The number of aliphatic hydroxyl groups is 1. The molecule has 12 heteroatoms. The van der Waals surface area contributed by atoms with Crippen molar-refractivity contribution in [1.29, 1.82) is 5.26 Å². The molecule has 2 aromatic heterocycles. The van der Waals surface area contributed by atoms with Crippen LogP contribution in [0.5, 0.6) is 0 Å². The summed E-state index contributed by atoms with van der Waals surface area (Å²) in [6.45, 7) is 1.71. The molecule has 0 spiro atoms. The van der Waals surface area contributed by atoms with Gasteiger partial charge in [0.25, 0.3) is 0 Å². The molecule has 2 amide bonds. The lowest BCUT2D eigenvalue weighted by atomic mass is 9.67. The Labute approximate surface area is 205 Å². The first-order chi connectivity index (χ1) is 16.7. The number of rotatable bonds is 6. The fourth-order valence-corrected chi connectivity index (χ4v) is 4.04. The number of anilines is 2. The summed E-state index contributed by atoms with van der Waals surface area (Å²) in [5.41, 5.74) is 0.493. The predicted molar refractivity (Wildman–Crippen MR) is 126 cm³/mol. The van der Waals surface area contributed by atoms with Crippen LogP contribution in [0.3, 0.4) is 0 Å². The van der Waals surface area contributed by atoms with Gasteiger partial charge in [0.15, 0.2) is 11.5 Å². The number of pyridine rings is 1. The molecule has 0 saturated heterocycles. The van der Waals surface area contributed by atoms with Crippen LogP contribution in [-0.4, -0.2) is 43.2 Å². The van der Waals surface area contributed by atoms with Crippen molar-refractivity contribution in [3.8, 4) is 17.5 Å². The zero-order valence-corrected chi connectivity index (χ0v) is 19.7. The van der Waals surface area contributed by atoms with Crippen LogP contribution in [0.15, 0.2) is 42.6 Å². The molecule has 0 radical (unpaired) electrons. The molecule has 0 unspecified atom stereocenters. The van der Waals surface area contributed by atoms with E-state index in [9.17, 15) is 20.0 Å². The van der Waals surface area contributed by atoms with Gasteiger partial charge in [-0.25, -0.2) is 9.48 Å². The lowest BCUT2D eigenvalue weighted by Crippen LogP contribution is -2.48. The van der Waals surface area contributed by atoms with Gasteiger partial charge in [-0.3, -0.25) is 15.1 Å². The summed E-state index contributed by atoms with van der Waals surface area (Å²) in [6, 6.07) is 12.2. The fraction of sp³-hybridized carbons (Fsp3) is 0.304. The third kappa shape index (κ3) is 4.94. The van der Waals surface area contributed by atoms with E-state index in [1.807, 2.05) is 6.07 Å². The van der Waals surface area contributed by atoms with Gasteiger partial charge >= 0.3 is 6.09 Å². The van der Waals surface area contributed by atoms with Gasteiger partial charge in [0, 0.05) is 30.5 Å². The molecule has 1 fully saturated rings. The number of benzene rings is 1. The Morgan fingerprint density at radius 1 is 1.29 bits per heavy atom. The minimum absolute atomic E-state index is 0.0979. The second kappa shape index (κ2) is 9.69. The van der Waals surface area contributed by atoms with E-state index in [0.29, 0.717) is 27.7 Å². The van der Waals surface area contributed by atoms with Gasteiger partial charge in [0.2, 0.25) is 5.91 Å². The minimum Gasteiger partial charge on any atom is -0.441 e. The number of nitriles is 1. The minimum atomic E-state index is -1.23. The van der Waals surface area contributed by atoms with Gasteiger partial charge in [-0.15, -0.1) is 5.10 Å². The highest BCUT2D eigenvalue weighted by molar-refractivity contribution is 6.31. The second-order valence-electron chi connectivity index (χ2n) is 8.25. The first-order valence-corrected chi connectivity index (χ1v) is 11.1. The molecule has 1 aliphatic carbocycles. The molecule has 1 aliphatic rings. The maximum Gasteiger partial charge on any atom is 0.413 e. The highest BCUT2D eigenvalue weighted by Crippen LogP contribution is 2.41. The molecule has 4 rings (SSSR count). The summed E-state index contributed by atoms with van der Waals surface area (Å²) in [4.78, 5) is 29.3. The van der Waals surface area contributed by atoms with Crippen molar-refractivity contribution in [3.05, 3.63) is 53.2 Å². The highest BCUT2D eigenvalue weighted by Gasteiger charge is 2.50. The van der Waals surface area contributed by atoms with Crippen molar-refractivity contribution in [1.82, 2.24) is 20.0 Å². The highest BCUT2D eigenvalue weighted by atomic mass is 35.5. The van der Waals surface area contributed by atoms with E-state index in [0.717, 1.165) is 0 Å². The van der Waals surface area contributed by atoms with E-state index < -0.39 is 29.6 Å². The normalized spacial score (nSPS) is 19.7. The summed E-state index contributed by atoms with van der Waals surface area (Å²) in [7, 11) is 1.60. The predicted octanol–water partition coefficient (Wildman–Crippen LogP) is 3.44. The Morgan fingerprint density at radius 3 is 2.66 bits per heavy atom. The number of carbonyl (C=O) groups excluding carboxylic acids is 2. The Bertz CT molecular complexity index is 1300. The zero-order chi connectivity index (χ0) is 25.2. The van der Waals surface area contributed by atoms with Crippen LogP contribution in [0.25, 0.3) is 11.4 Å². The van der Waals surface area contributed by atoms with Crippen molar-refractivity contribution in [3.63, 3.8) is 0 Å². The molecule has 11 nitrogen and oxygen atoms in total. The lowest BCUT2D eigenvalue weighted by Gasteiger charge is -2.37. The van der Waals surface area contributed by atoms with Gasteiger partial charge in [-0.2, -0.15) is 5.26 Å². The Morgan fingerprint density at radius 2 is 2.03 bits per heavy atom. The number of carbonyl (C=O) groups is 2. The number of hydrogen-bond acceptors (Lipinski definition) is 8. The van der Waals surface area contributed by atoms with Crippen LogP contribution in [0.1, 0.15) is 31.4 Å². The largest absolute Gasteiger partial charge is 0.441 e. The van der Waals surface area contributed by atoms with Gasteiger partial charge in [-0.1, -0.05) is 35.0 Å². The summed E-state index contributed by atoms with van der Waals surface area (Å²) in [6.07, 6.45) is -0.367. The van der Waals surface area contributed by atoms with Crippen LogP contribution in [0.2, 0.25) is 5.02 Å². The summed E-state index contributed by atoms with van der Waals surface area (Å²) in [5, 5.41) is 32.6. The monoisotopic (exact) mass is 495 g/mol. The zero-order valence-electron chi connectivity index (χ0n) is 18.9. The van der Waals surface area contributed by atoms with Crippen molar-refractivity contribution in [2.75, 3.05) is 10.6 Å². The Balaban J connectivity index is 1.44. The van der Waals surface area contributed by atoms with Crippen LogP contribution in [0, 0.1) is 16.7 Å². The van der Waals surface area contributed by atoms with E-state index in [2.05, 4.69) is 25.9 Å². The standard InChI is InChI=1S/C23H22ClN7O4/c1-13(16-5-3-4-6-17(16)24)35-22(34)28-20-19(29-30-31(20)2)18-8-7-14(11-26-18)27-21(33)23(12-25)9-15(32)10-23/h3-8,11,13,15,32H,9-10H2,1-2H3,(H,27,33)(H,28,34)/t13-,15?,23?/m1/s1. The topological polar surface area (TPSA) is 155 Å². The second-order valence-corrected chi connectivity index (χ2v) is 8.65. The molecule has 1 saturated carbocycles. The summed E-state index contributed by atoms with van der Waals surface area (Å²) >= 11 is 6.17. The number of nitrogens with one attached hydrogen (secondary N) is 2. The maximum absolute atomic E-state index is 12.5. The number of halogens is 1. The van der Waals surface area contributed by atoms with Gasteiger partial charge in [-0.05, 0) is 25.1 Å². The molecule has 2 heterocycles. The van der Waals surface area contributed by atoms with Crippen molar-refractivity contribution in [2.24, 2.45) is 12.5 Å². The third-order valence-corrected chi connectivity index (χ3v) is 6.10. The van der Waals surface area contributed by atoms with Crippen LogP contribution >= 0.6 is 11.6 Å². The average Bonchev–Trinajstić information content (AvgIpc) is 3.17. The summed E-state index contributed by atoms with van der Waals surface area (Å²) in [5.74, 6) is -0.227. The molecule has 180 valence electrons. The third-order valence-electron chi connectivity index (χ3n) is 5.76. The lowest BCUT2D eigenvalue weighted by molar-refractivity contribution is -0.132. The number of aliphatic hydroxyl groups excluding tert-OH is 1. The number of aromatic nitrogens is 4. The number of ether oxygens (including phenoxy) is 1. The summed E-state index contributed by atoms with van der Waals surface area (Å²) < 4.78 is 6.82. The fourth-order valence-electron chi connectivity index (χ4n) is 3.76. The van der Waals surface area contributed by atoms with Gasteiger partial charge < -0.3 is 15.2 Å². The van der Waals surface area contributed by atoms with Crippen LogP contribution < -0.4 is 10.6 Å². The number of amides is 2. The molecule has 35 heavy (non-hydrogen) atoms. The molecular formula is C23H22ClN7O4. The molecule has 3 aromatic rings. The van der Waals surface area contributed by atoms with E-state index >= 15 is 0 Å². The Kier molecular flexibility index (Phi) is 6.68. The average molecular weight is 496 g/mol. The smallest absolute Gasteiger partial charge is 0.413 e. The van der Waals surface area contributed by atoms with E-state index in [-0.39, 0.29) is 18.7 Å². The van der Waals surface area contributed by atoms with Crippen LogP contribution in [0.4, 0.5) is 16.3 Å². The van der Waals surface area contributed by atoms with E-state index in [1.165, 1.54) is 10.9 Å². The van der Waals surface area contributed by atoms with Gasteiger partial charge in [0.05, 0.1) is 29.8 Å². The molecule has 0 bridgehead atoms. The first-order valence-electron chi connectivity index (χ1n) is 10.7. The number of hydrogen-bond donors (Lipinski definition) is 3. The van der Waals surface area contributed by atoms with E-state index in [1.54, 1.807) is 50.4 Å². The van der Waals surface area contributed by atoms with Crippen molar-refractivity contribution >= 4 is 35.1 Å². The SMILES string of the molecule is C[C@@H](OC(=O)Nc1c(-c2ccc(NC(=O)C3(C#N)CC(O)C3)cn2)nnn1C)c1ccccc1Cl.